The van der Waals surface area contributed by atoms with Gasteiger partial charge in [0, 0.05) is 26.2 Å². The van der Waals surface area contributed by atoms with Crippen LogP contribution in [0.25, 0.3) is 0 Å². The van der Waals surface area contributed by atoms with E-state index in [1.54, 1.807) is 0 Å². The quantitative estimate of drug-likeness (QED) is 0.212. The minimum absolute atomic E-state index is 0. The second-order valence-electron chi connectivity index (χ2n) is 6.11. The second kappa shape index (κ2) is 26.4. The molecule has 0 N–H and O–H groups in total. The van der Waals surface area contributed by atoms with E-state index in [9.17, 15) is 0 Å². The molecule has 0 fully saturated rings. The third-order valence-electron chi connectivity index (χ3n) is 3.51. The maximum atomic E-state index is 3.76. The number of halogens is 2. The van der Waals surface area contributed by atoms with Crippen LogP contribution in [-0.2, 0) is 21.7 Å². The molecule has 165 valence electrons. The number of nitrogens with zero attached hydrogens (tertiary/aromatic N) is 2. The Hall–Kier alpha value is -0.649. The number of allylic oxidation sites excluding steroid dienone is 8. The van der Waals surface area contributed by atoms with Gasteiger partial charge in [-0.3, -0.25) is 12.2 Å². The second-order valence-corrected chi connectivity index (χ2v) is 7.80. The van der Waals surface area contributed by atoms with E-state index in [2.05, 4.69) is 85.8 Å². The first-order chi connectivity index (χ1) is 13.1. The van der Waals surface area contributed by atoms with Gasteiger partial charge in [0.1, 0.15) is 0 Å². The predicted octanol–water partition coefficient (Wildman–Crippen LogP) is 5.83. The first-order valence-corrected chi connectivity index (χ1v) is 10.3. The third-order valence-corrected chi connectivity index (χ3v) is 5.01. The molecule has 0 amide bonds. The van der Waals surface area contributed by atoms with Gasteiger partial charge in [-0.25, -0.2) is 23.3 Å². The average Bonchev–Trinajstić information content (AvgIpc) is 3.30. The Balaban J connectivity index is -0.000000186. The molecule has 6 heteroatoms. The summed E-state index contributed by atoms with van der Waals surface area (Å²) in [6.45, 7) is 22.8. The van der Waals surface area contributed by atoms with Crippen LogP contribution in [-0.4, -0.2) is 45.2 Å². The maximum absolute atomic E-state index is 3.76. The Morgan fingerprint density at radius 1 is 0.767 bits per heavy atom. The summed E-state index contributed by atoms with van der Waals surface area (Å²) in [4.78, 5) is 0. The van der Waals surface area contributed by atoms with E-state index >= 15 is 0 Å². The van der Waals surface area contributed by atoms with Crippen LogP contribution in [0.4, 0.5) is 0 Å². The molecule has 0 aromatic carbocycles. The Bertz CT molecular complexity index is 508. The molecule has 0 aliphatic heterocycles. The zero-order chi connectivity index (χ0) is 20.3. The zero-order valence-corrected chi connectivity index (χ0v) is 22.8. The Labute approximate surface area is 215 Å². The number of hydrogen-bond donors (Lipinski definition) is 0. The predicted molar refractivity (Wildman–Crippen MR) is 138 cm³/mol. The first-order valence-electron chi connectivity index (χ1n) is 9.31. The zero-order valence-electron chi connectivity index (χ0n) is 18.5. The molecule has 2 aliphatic rings. The molecule has 0 bridgehead atoms. The van der Waals surface area contributed by atoms with Crippen LogP contribution in [0, 0.1) is 12.2 Å². The van der Waals surface area contributed by atoms with Crippen LogP contribution in [0.15, 0.2) is 86.1 Å². The van der Waals surface area contributed by atoms with Crippen LogP contribution < -0.4 is 0 Å². The molecule has 0 saturated carbocycles. The summed E-state index contributed by atoms with van der Waals surface area (Å²) in [5, 5.41) is 0. The minimum atomic E-state index is 0. The number of hydrogen-bond acceptors (Lipinski definition) is 2. The van der Waals surface area contributed by atoms with Crippen molar-refractivity contribution in [2.45, 2.75) is 26.7 Å². The van der Waals surface area contributed by atoms with E-state index in [-0.39, 0.29) is 56.4 Å². The van der Waals surface area contributed by atoms with Crippen molar-refractivity contribution in [3.05, 3.63) is 98.2 Å². The fourth-order valence-corrected chi connectivity index (χ4v) is 3.70. The standard InChI is InChI=1S/C12H21N2Si.2C6H7.2ClH.Ti/c1-5-9-13(10-6-2)15-14(11-7-3)12-8-4;2*1-6-4-2-3-5-6;;;/h5-8,15H,1-4,9-12H2;2*2,4H,3H2,1H3;2*1H;/q;2*-1;;;+2. The maximum Gasteiger partial charge on any atom is 2.00 e. The Morgan fingerprint density at radius 3 is 1.20 bits per heavy atom. The third kappa shape index (κ3) is 22.0. The Kier molecular flexibility index (Phi) is 32.3. The van der Waals surface area contributed by atoms with Gasteiger partial charge in [-0.2, -0.15) is 12.2 Å². The smallest absolute Gasteiger partial charge is 0.307 e. The van der Waals surface area contributed by atoms with Gasteiger partial charge in [0.15, 0.2) is 0 Å². The molecule has 2 rings (SSSR count). The van der Waals surface area contributed by atoms with E-state index < -0.39 is 0 Å². The fourth-order valence-electron chi connectivity index (χ4n) is 2.26. The molecular weight excluding hydrogens is 463 g/mol. The van der Waals surface area contributed by atoms with Gasteiger partial charge in [0.25, 0.3) is 0 Å². The summed E-state index contributed by atoms with van der Waals surface area (Å²) in [7, 11) is 0.100. The van der Waals surface area contributed by atoms with Crippen molar-refractivity contribution in [2.24, 2.45) is 0 Å². The van der Waals surface area contributed by atoms with Crippen molar-refractivity contribution in [1.82, 2.24) is 9.13 Å². The number of rotatable bonds is 10. The van der Waals surface area contributed by atoms with E-state index in [4.69, 9.17) is 0 Å². The van der Waals surface area contributed by atoms with Gasteiger partial charge in [0.2, 0.25) is 9.84 Å². The van der Waals surface area contributed by atoms with Crippen molar-refractivity contribution in [2.75, 3.05) is 26.2 Å². The molecule has 0 spiro atoms. The van der Waals surface area contributed by atoms with Gasteiger partial charge in [-0.1, -0.05) is 38.2 Å². The van der Waals surface area contributed by atoms with E-state index in [0.29, 0.717) is 0 Å². The van der Waals surface area contributed by atoms with Gasteiger partial charge in [0.05, 0.1) is 0 Å². The van der Waals surface area contributed by atoms with Crippen LogP contribution >= 0.6 is 24.8 Å². The van der Waals surface area contributed by atoms with Crippen molar-refractivity contribution in [3.63, 3.8) is 0 Å². The molecule has 0 saturated heterocycles. The van der Waals surface area contributed by atoms with E-state index in [1.807, 2.05) is 24.3 Å². The van der Waals surface area contributed by atoms with Crippen molar-refractivity contribution in [1.29, 1.82) is 0 Å². The molecule has 0 unspecified atom stereocenters. The molecule has 2 aliphatic carbocycles. The van der Waals surface area contributed by atoms with Crippen LogP contribution in [0.3, 0.4) is 0 Å². The molecule has 30 heavy (non-hydrogen) atoms. The SMILES string of the molecule is C=CCN(CC=C)[SiH]N(CC=C)CC=C.CC1=[C-]CC=C1.CC1=[C-]CC=C1.Cl.Cl.[Ti+2]. The van der Waals surface area contributed by atoms with Crippen molar-refractivity contribution < 1.29 is 21.7 Å². The normalized spacial score (nSPS) is 12.5. The molecule has 0 aromatic rings. The van der Waals surface area contributed by atoms with Crippen LogP contribution in [0.5, 0.6) is 0 Å². The summed E-state index contributed by atoms with van der Waals surface area (Å²) in [5.41, 5.74) is 2.55. The largest absolute Gasteiger partial charge is 2.00 e. The van der Waals surface area contributed by atoms with Crippen LogP contribution in [0.1, 0.15) is 26.7 Å². The monoisotopic (exact) mass is 499 g/mol. The Morgan fingerprint density at radius 2 is 1.07 bits per heavy atom. The molecular formula is C24H37Cl2N2SiTi. The van der Waals surface area contributed by atoms with Gasteiger partial charge in [-0.15, -0.1) is 64.0 Å². The van der Waals surface area contributed by atoms with Gasteiger partial charge in [-0.05, 0) is 0 Å². The summed E-state index contributed by atoms with van der Waals surface area (Å²) in [5.74, 6) is 0. The molecule has 0 aromatic heterocycles. The van der Waals surface area contributed by atoms with E-state index in [1.165, 1.54) is 11.1 Å². The van der Waals surface area contributed by atoms with Gasteiger partial charge >= 0.3 is 21.7 Å². The molecule has 0 atom stereocenters. The summed E-state index contributed by atoms with van der Waals surface area (Å²) >= 11 is 0. The fraction of sp³-hybridized carbons (Fsp3) is 0.333. The minimum Gasteiger partial charge on any atom is -0.307 e. The van der Waals surface area contributed by atoms with Crippen molar-refractivity contribution >= 4 is 34.7 Å². The topological polar surface area (TPSA) is 6.48 Å². The first kappa shape index (κ1) is 36.7. The molecule has 2 nitrogen and oxygen atoms in total. The van der Waals surface area contributed by atoms with E-state index in [0.717, 1.165) is 39.0 Å². The average molecular weight is 500 g/mol. The summed E-state index contributed by atoms with van der Waals surface area (Å²) < 4.78 is 4.68. The molecule has 0 heterocycles. The van der Waals surface area contributed by atoms with Gasteiger partial charge < -0.3 is 9.13 Å². The summed E-state index contributed by atoms with van der Waals surface area (Å²) in [6, 6.07) is 0. The van der Waals surface area contributed by atoms with Crippen molar-refractivity contribution in [3.8, 4) is 0 Å². The molecule has 1 radical (unpaired) electrons. The summed E-state index contributed by atoms with van der Waals surface area (Å²) in [6.07, 6.45) is 24.4. The van der Waals surface area contributed by atoms with Crippen LogP contribution in [0.2, 0.25) is 0 Å².